The van der Waals surface area contributed by atoms with Crippen molar-refractivity contribution in [2.24, 2.45) is 11.3 Å². The fourth-order valence-corrected chi connectivity index (χ4v) is 3.24. The van der Waals surface area contributed by atoms with Crippen LogP contribution in [-0.4, -0.2) is 12.6 Å². The van der Waals surface area contributed by atoms with Gasteiger partial charge >= 0.3 is 0 Å². The Morgan fingerprint density at radius 2 is 1.86 bits per heavy atom. The fraction of sp³-hybridized carbons (Fsp3) is 0.684. The Hall–Kier alpha value is -1.18. The molecule has 0 atom stereocenters. The topological polar surface area (TPSA) is 21.3 Å². The van der Waals surface area contributed by atoms with Crippen LogP contribution in [0.25, 0.3) is 0 Å². The predicted molar refractivity (Wildman–Crippen MR) is 91.1 cm³/mol. The van der Waals surface area contributed by atoms with Gasteiger partial charge in [0, 0.05) is 17.8 Å². The molecular weight excluding hydrogens is 258 g/mol. The van der Waals surface area contributed by atoms with Crippen LogP contribution in [0.1, 0.15) is 59.8 Å². The second kappa shape index (κ2) is 7.20. The molecule has 0 saturated heterocycles. The smallest absolute Gasteiger partial charge is 0.121 e. The minimum atomic E-state index is 0.457. The highest BCUT2D eigenvalue weighted by atomic mass is 16.5. The average molecular weight is 289 g/mol. The molecule has 0 aromatic heterocycles. The van der Waals surface area contributed by atoms with Crippen molar-refractivity contribution in [3.63, 3.8) is 0 Å². The summed E-state index contributed by atoms with van der Waals surface area (Å²) in [5.74, 6) is 1.85. The molecule has 21 heavy (non-hydrogen) atoms. The van der Waals surface area contributed by atoms with Crippen LogP contribution in [0.2, 0.25) is 0 Å². The fourth-order valence-electron chi connectivity index (χ4n) is 3.24. The number of nitrogens with one attached hydrogen (secondary N) is 1. The van der Waals surface area contributed by atoms with E-state index >= 15 is 0 Å². The van der Waals surface area contributed by atoms with Crippen LogP contribution in [0.5, 0.6) is 5.75 Å². The summed E-state index contributed by atoms with van der Waals surface area (Å²) < 4.78 is 5.71. The second-order valence-electron chi connectivity index (χ2n) is 7.44. The van der Waals surface area contributed by atoms with Crippen LogP contribution in [0, 0.1) is 11.3 Å². The molecule has 0 amide bonds. The molecule has 0 aliphatic heterocycles. The lowest BCUT2D eigenvalue weighted by Crippen LogP contribution is -2.31. The highest BCUT2D eigenvalue weighted by Gasteiger charge is 2.29. The minimum Gasteiger partial charge on any atom is -0.494 e. The van der Waals surface area contributed by atoms with E-state index in [1.165, 1.54) is 31.4 Å². The van der Waals surface area contributed by atoms with Gasteiger partial charge in [-0.2, -0.15) is 0 Å². The lowest BCUT2D eigenvalue weighted by molar-refractivity contribution is 0.173. The molecule has 0 bridgehead atoms. The van der Waals surface area contributed by atoms with Crippen molar-refractivity contribution in [1.82, 2.24) is 0 Å². The Kier molecular flexibility index (Phi) is 5.55. The van der Waals surface area contributed by atoms with Crippen molar-refractivity contribution in [3.05, 3.63) is 24.3 Å². The molecule has 2 rings (SSSR count). The van der Waals surface area contributed by atoms with Crippen LogP contribution in [-0.2, 0) is 0 Å². The summed E-state index contributed by atoms with van der Waals surface area (Å²) in [7, 11) is 0. The van der Waals surface area contributed by atoms with Gasteiger partial charge < -0.3 is 10.1 Å². The van der Waals surface area contributed by atoms with E-state index in [9.17, 15) is 0 Å². The number of hydrogen-bond acceptors (Lipinski definition) is 2. The molecule has 118 valence electrons. The first kappa shape index (κ1) is 16.2. The van der Waals surface area contributed by atoms with Crippen molar-refractivity contribution in [2.45, 2.75) is 65.8 Å². The largest absolute Gasteiger partial charge is 0.494 e. The first-order chi connectivity index (χ1) is 9.99. The number of hydrogen-bond donors (Lipinski definition) is 1. The molecule has 0 unspecified atom stereocenters. The molecule has 1 N–H and O–H groups in total. The van der Waals surface area contributed by atoms with Crippen LogP contribution in [0.4, 0.5) is 5.69 Å². The van der Waals surface area contributed by atoms with Gasteiger partial charge in [-0.05, 0) is 55.6 Å². The van der Waals surface area contributed by atoms with Gasteiger partial charge in [0.25, 0.3) is 0 Å². The first-order valence-corrected chi connectivity index (χ1v) is 8.48. The van der Waals surface area contributed by atoms with Crippen LogP contribution in [0.3, 0.4) is 0 Å². The number of anilines is 1. The summed E-state index contributed by atoms with van der Waals surface area (Å²) in [4.78, 5) is 0. The molecule has 1 aliphatic carbocycles. The molecule has 1 saturated carbocycles. The third kappa shape index (κ3) is 4.94. The minimum absolute atomic E-state index is 0.457. The van der Waals surface area contributed by atoms with Crippen LogP contribution >= 0.6 is 0 Å². The Morgan fingerprint density at radius 3 is 2.48 bits per heavy atom. The van der Waals surface area contributed by atoms with Crippen molar-refractivity contribution in [2.75, 3.05) is 11.9 Å². The monoisotopic (exact) mass is 289 g/mol. The molecule has 1 aromatic rings. The SMILES string of the molecule is CCCOc1cccc(NC2CCC(C(C)(C)C)CC2)c1. The summed E-state index contributed by atoms with van der Waals surface area (Å²) in [6, 6.07) is 9.01. The zero-order chi connectivity index (χ0) is 15.3. The summed E-state index contributed by atoms with van der Waals surface area (Å²) in [5.41, 5.74) is 1.65. The Labute approximate surface area is 130 Å². The van der Waals surface area contributed by atoms with Gasteiger partial charge in [-0.25, -0.2) is 0 Å². The molecule has 1 aliphatic rings. The summed E-state index contributed by atoms with van der Waals surface area (Å²) in [6.07, 6.45) is 6.29. The third-order valence-electron chi connectivity index (χ3n) is 4.63. The normalized spacial score (nSPS) is 22.9. The predicted octanol–water partition coefficient (Wildman–Crippen LogP) is 5.49. The molecule has 2 nitrogen and oxygen atoms in total. The Morgan fingerprint density at radius 1 is 1.14 bits per heavy atom. The standard InChI is InChI=1S/C19H31NO/c1-5-13-21-18-8-6-7-17(14-18)20-16-11-9-15(10-12-16)19(2,3)4/h6-8,14-16,20H,5,9-13H2,1-4H3. The quantitative estimate of drug-likeness (QED) is 0.773. The first-order valence-electron chi connectivity index (χ1n) is 8.48. The highest BCUT2D eigenvalue weighted by molar-refractivity contribution is 5.48. The molecule has 1 aromatic carbocycles. The van der Waals surface area contributed by atoms with Gasteiger partial charge in [0.1, 0.15) is 5.75 Å². The molecule has 0 heterocycles. The second-order valence-corrected chi connectivity index (χ2v) is 7.44. The van der Waals surface area contributed by atoms with E-state index in [0.717, 1.165) is 24.7 Å². The lowest BCUT2D eigenvalue weighted by Gasteiger charge is -2.37. The van der Waals surface area contributed by atoms with E-state index in [1.807, 2.05) is 6.07 Å². The van der Waals surface area contributed by atoms with E-state index in [4.69, 9.17) is 4.74 Å². The zero-order valence-electron chi connectivity index (χ0n) is 14.1. The van der Waals surface area contributed by atoms with E-state index < -0.39 is 0 Å². The average Bonchev–Trinajstić information content (AvgIpc) is 2.45. The van der Waals surface area contributed by atoms with Gasteiger partial charge in [0.05, 0.1) is 6.61 Å². The van der Waals surface area contributed by atoms with Crippen molar-refractivity contribution >= 4 is 5.69 Å². The molecular formula is C19H31NO. The molecule has 1 fully saturated rings. The lowest BCUT2D eigenvalue weighted by atomic mass is 9.71. The Balaban J connectivity index is 1.86. The van der Waals surface area contributed by atoms with E-state index in [2.05, 4.69) is 51.2 Å². The number of benzene rings is 1. The zero-order valence-corrected chi connectivity index (χ0v) is 14.1. The summed E-state index contributed by atoms with van der Waals surface area (Å²) in [6.45, 7) is 10.1. The van der Waals surface area contributed by atoms with Crippen molar-refractivity contribution in [1.29, 1.82) is 0 Å². The van der Waals surface area contributed by atoms with Gasteiger partial charge in [0.2, 0.25) is 0 Å². The molecule has 0 spiro atoms. The van der Waals surface area contributed by atoms with E-state index in [0.29, 0.717) is 11.5 Å². The molecule has 0 radical (unpaired) electrons. The van der Waals surface area contributed by atoms with Crippen LogP contribution < -0.4 is 10.1 Å². The van der Waals surface area contributed by atoms with Gasteiger partial charge in [-0.3, -0.25) is 0 Å². The van der Waals surface area contributed by atoms with Crippen molar-refractivity contribution < 1.29 is 4.74 Å². The van der Waals surface area contributed by atoms with Gasteiger partial charge in [0.15, 0.2) is 0 Å². The van der Waals surface area contributed by atoms with E-state index in [1.54, 1.807) is 0 Å². The number of ether oxygens (including phenoxy) is 1. The van der Waals surface area contributed by atoms with Crippen LogP contribution in [0.15, 0.2) is 24.3 Å². The van der Waals surface area contributed by atoms with E-state index in [-0.39, 0.29) is 0 Å². The van der Waals surface area contributed by atoms with Gasteiger partial charge in [-0.15, -0.1) is 0 Å². The van der Waals surface area contributed by atoms with Gasteiger partial charge in [-0.1, -0.05) is 33.8 Å². The maximum Gasteiger partial charge on any atom is 0.121 e. The molecule has 2 heteroatoms. The maximum atomic E-state index is 5.71. The maximum absolute atomic E-state index is 5.71. The Bertz CT molecular complexity index is 427. The van der Waals surface area contributed by atoms with Crippen molar-refractivity contribution in [3.8, 4) is 5.75 Å². The summed E-state index contributed by atoms with van der Waals surface area (Å²) in [5, 5.41) is 3.69. The number of rotatable bonds is 5. The highest BCUT2D eigenvalue weighted by Crippen LogP contribution is 2.38. The third-order valence-corrected chi connectivity index (χ3v) is 4.63. The summed E-state index contributed by atoms with van der Waals surface area (Å²) >= 11 is 0.